The van der Waals surface area contributed by atoms with Gasteiger partial charge in [0, 0.05) is 18.1 Å². The van der Waals surface area contributed by atoms with E-state index in [9.17, 15) is 17.6 Å². The van der Waals surface area contributed by atoms with Gasteiger partial charge in [-0.3, -0.25) is 0 Å². The number of halogens is 5. The quantitative estimate of drug-likeness (QED) is 0.628. The van der Waals surface area contributed by atoms with Crippen molar-refractivity contribution in [2.75, 3.05) is 23.3 Å². The van der Waals surface area contributed by atoms with Crippen molar-refractivity contribution in [1.29, 1.82) is 0 Å². The van der Waals surface area contributed by atoms with Crippen molar-refractivity contribution >= 4 is 21.7 Å². The van der Waals surface area contributed by atoms with Crippen molar-refractivity contribution in [1.82, 2.24) is 4.98 Å². The molecule has 1 aromatic heterocycles. The average molecular weight is 301 g/mol. The van der Waals surface area contributed by atoms with E-state index >= 15 is 0 Å². The van der Waals surface area contributed by atoms with Crippen LogP contribution in [0.5, 0.6) is 0 Å². The molecule has 0 atom stereocenters. The third-order valence-corrected chi connectivity index (χ3v) is 2.12. The number of rotatable bonds is 4. The minimum absolute atomic E-state index is 0.0352. The SMILES string of the molecule is Fc1cccnc1N(CCBr)CC(F)(F)F. The Hall–Kier alpha value is -0.850. The maximum absolute atomic E-state index is 13.3. The van der Waals surface area contributed by atoms with E-state index in [1.54, 1.807) is 0 Å². The summed E-state index contributed by atoms with van der Waals surface area (Å²) in [6.45, 7) is -1.18. The van der Waals surface area contributed by atoms with E-state index in [4.69, 9.17) is 0 Å². The van der Waals surface area contributed by atoms with Gasteiger partial charge >= 0.3 is 6.18 Å². The summed E-state index contributed by atoms with van der Waals surface area (Å²) >= 11 is 3.02. The Morgan fingerprint density at radius 3 is 2.56 bits per heavy atom. The lowest BCUT2D eigenvalue weighted by Gasteiger charge is -2.24. The van der Waals surface area contributed by atoms with E-state index < -0.39 is 18.5 Å². The summed E-state index contributed by atoms with van der Waals surface area (Å²) in [6.07, 6.45) is -3.12. The first-order chi connectivity index (χ1) is 7.44. The largest absolute Gasteiger partial charge is 0.405 e. The summed E-state index contributed by atoms with van der Waals surface area (Å²) in [5.41, 5.74) is 0. The van der Waals surface area contributed by atoms with Crippen molar-refractivity contribution in [2.24, 2.45) is 0 Å². The van der Waals surface area contributed by atoms with Gasteiger partial charge in [-0.05, 0) is 12.1 Å². The summed E-state index contributed by atoms with van der Waals surface area (Å²) in [5, 5.41) is 0.305. The maximum Gasteiger partial charge on any atom is 0.405 e. The standard InChI is InChI=1S/C9H9BrF4N2/c10-3-5-16(6-9(12,13)14)8-7(11)2-1-4-15-8/h1-2,4H,3,5-6H2. The van der Waals surface area contributed by atoms with Crippen LogP contribution >= 0.6 is 15.9 Å². The lowest BCUT2D eigenvalue weighted by Crippen LogP contribution is -2.36. The van der Waals surface area contributed by atoms with Crippen molar-refractivity contribution in [2.45, 2.75) is 6.18 Å². The molecule has 0 radical (unpaired) electrons. The minimum atomic E-state index is -4.38. The van der Waals surface area contributed by atoms with Crippen LogP contribution in [0.4, 0.5) is 23.4 Å². The zero-order chi connectivity index (χ0) is 12.2. The predicted octanol–water partition coefficient (Wildman–Crippen LogP) is 2.98. The van der Waals surface area contributed by atoms with Crippen LogP contribution in [0.1, 0.15) is 0 Å². The second-order valence-electron chi connectivity index (χ2n) is 3.03. The molecule has 0 aliphatic rings. The summed E-state index contributed by atoms with van der Waals surface area (Å²) < 4.78 is 50.0. The number of aromatic nitrogens is 1. The molecule has 0 N–H and O–H groups in total. The number of anilines is 1. The molecule has 0 fully saturated rings. The van der Waals surface area contributed by atoms with E-state index in [0.29, 0.717) is 5.33 Å². The lowest BCUT2D eigenvalue weighted by molar-refractivity contribution is -0.119. The van der Waals surface area contributed by atoms with Gasteiger partial charge in [0.15, 0.2) is 11.6 Å². The van der Waals surface area contributed by atoms with E-state index in [1.807, 2.05) is 0 Å². The van der Waals surface area contributed by atoms with Gasteiger partial charge in [-0.15, -0.1) is 0 Å². The summed E-state index contributed by atoms with van der Waals surface area (Å²) in [6, 6.07) is 2.42. The highest BCUT2D eigenvalue weighted by Gasteiger charge is 2.31. The zero-order valence-corrected chi connectivity index (χ0v) is 9.72. The smallest absolute Gasteiger partial charge is 0.344 e. The first kappa shape index (κ1) is 13.2. The van der Waals surface area contributed by atoms with Crippen LogP contribution in [0.15, 0.2) is 18.3 Å². The molecule has 0 amide bonds. The van der Waals surface area contributed by atoms with Gasteiger partial charge < -0.3 is 4.90 Å². The number of hydrogen-bond donors (Lipinski definition) is 0. The normalized spacial score (nSPS) is 11.6. The monoisotopic (exact) mass is 300 g/mol. The Bertz CT molecular complexity index is 343. The van der Waals surface area contributed by atoms with E-state index in [1.165, 1.54) is 12.3 Å². The Morgan fingerprint density at radius 1 is 1.38 bits per heavy atom. The summed E-state index contributed by atoms with van der Waals surface area (Å²) in [7, 11) is 0. The van der Waals surface area contributed by atoms with Crippen LogP contribution in [0.3, 0.4) is 0 Å². The highest BCUT2D eigenvalue weighted by atomic mass is 79.9. The first-order valence-electron chi connectivity index (χ1n) is 4.42. The van der Waals surface area contributed by atoms with Gasteiger partial charge in [-0.25, -0.2) is 9.37 Å². The second-order valence-corrected chi connectivity index (χ2v) is 3.83. The van der Waals surface area contributed by atoms with E-state index in [-0.39, 0.29) is 12.4 Å². The van der Waals surface area contributed by atoms with Crippen LogP contribution < -0.4 is 4.90 Å². The molecule has 2 nitrogen and oxygen atoms in total. The predicted molar refractivity (Wildman–Crippen MR) is 56.3 cm³/mol. The van der Waals surface area contributed by atoms with Gasteiger partial charge in [0.25, 0.3) is 0 Å². The summed E-state index contributed by atoms with van der Waals surface area (Å²) in [4.78, 5) is 4.46. The molecule has 0 spiro atoms. The van der Waals surface area contributed by atoms with Gasteiger partial charge in [0.2, 0.25) is 0 Å². The molecular formula is C9H9BrF4N2. The number of pyridine rings is 1. The highest BCUT2D eigenvalue weighted by Crippen LogP contribution is 2.22. The van der Waals surface area contributed by atoms with Crippen molar-refractivity contribution in [3.63, 3.8) is 0 Å². The van der Waals surface area contributed by atoms with Crippen LogP contribution in [0.25, 0.3) is 0 Å². The first-order valence-corrected chi connectivity index (χ1v) is 5.54. The fourth-order valence-electron chi connectivity index (χ4n) is 1.19. The summed E-state index contributed by atoms with van der Waals surface area (Å²) in [5.74, 6) is -1.04. The van der Waals surface area contributed by atoms with Crippen LogP contribution in [-0.2, 0) is 0 Å². The molecule has 1 aromatic rings. The number of nitrogens with zero attached hydrogens (tertiary/aromatic N) is 2. The molecule has 0 saturated carbocycles. The maximum atomic E-state index is 13.3. The van der Waals surface area contributed by atoms with Crippen LogP contribution in [-0.4, -0.2) is 29.6 Å². The second kappa shape index (κ2) is 5.47. The molecule has 0 aliphatic heterocycles. The van der Waals surface area contributed by atoms with E-state index in [2.05, 4.69) is 20.9 Å². The average Bonchev–Trinajstić information content (AvgIpc) is 2.16. The fourth-order valence-corrected chi connectivity index (χ4v) is 1.62. The Morgan fingerprint density at radius 2 is 2.06 bits per heavy atom. The van der Waals surface area contributed by atoms with Crippen molar-refractivity contribution in [3.05, 3.63) is 24.1 Å². The van der Waals surface area contributed by atoms with Crippen LogP contribution in [0, 0.1) is 5.82 Å². The molecule has 0 bridgehead atoms. The molecule has 1 rings (SSSR count). The Balaban J connectivity index is 2.89. The molecule has 1 heterocycles. The number of hydrogen-bond acceptors (Lipinski definition) is 2. The molecule has 0 aromatic carbocycles. The Labute approximate surface area is 98.4 Å². The lowest BCUT2D eigenvalue weighted by atomic mass is 10.4. The molecule has 0 saturated heterocycles. The Kier molecular flexibility index (Phi) is 4.52. The topological polar surface area (TPSA) is 16.1 Å². The van der Waals surface area contributed by atoms with Crippen molar-refractivity contribution < 1.29 is 17.6 Å². The molecule has 90 valence electrons. The molecule has 0 aliphatic carbocycles. The van der Waals surface area contributed by atoms with Gasteiger partial charge in [-0.1, -0.05) is 15.9 Å². The fraction of sp³-hybridized carbons (Fsp3) is 0.444. The third-order valence-electron chi connectivity index (χ3n) is 1.76. The van der Waals surface area contributed by atoms with Crippen LogP contribution in [0.2, 0.25) is 0 Å². The third kappa shape index (κ3) is 3.96. The van der Waals surface area contributed by atoms with E-state index in [0.717, 1.165) is 11.0 Å². The number of alkyl halides is 4. The molecule has 0 unspecified atom stereocenters. The molecule has 16 heavy (non-hydrogen) atoms. The van der Waals surface area contributed by atoms with Gasteiger partial charge in [0.1, 0.15) is 6.54 Å². The zero-order valence-electron chi connectivity index (χ0n) is 8.14. The van der Waals surface area contributed by atoms with Gasteiger partial charge in [0.05, 0.1) is 0 Å². The van der Waals surface area contributed by atoms with Crippen molar-refractivity contribution in [3.8, 4) is 0 Å². The molecule has 7 heteroatoms. The van der Waals surface area contributed by atoms with Gasteiger partial charge in [-0.2, -0.15) is 13.2 Å². The highest BCUT2D eigenvalue weighted by molar-refractivity contribution is 9.09. The minimum Gasteiger partial charge on any atom is -0.344 e. The molecular weight excluding hydrogens is 292 g/mol.